The average Bonchev–Trinajstić information content (AvgIpc) is 3.34. The quantitative estimate of drug-likeness (QED) is 0.535. The van der Waals surface area contributed by atoms with E-state index >= 15 is 0 Å². The number of aryl methyl sites for hydroxylation is 2. The first-order chi connectivity index (χ1) is 16.1. The minimum atomic E-state index is -4.96. The van der Waals surface area contributed by atoms with Gasteiger partial charge in [-0.05, 0) is 43.0 Å². The lowest BCUT2D eigenvalue weighted by molar-refractivity contribution is -0.922. The van der Waals surface area contributed by atoms with Crippen molar-refractivity contribution in [2.45, 2.75) is 38.2 Å². The third-order valence-corrected chi connectivity index (χ3v) is 7.15. The molecule has 2 aliphatic rings. The van der Waals surface area contributed by atoms with Crippen LogP contribution in [0.2, 0.25) is 0 Å². The summed E-state index contributed by atoms with van der Waals surface area (Å²) in [5, 5.41) is 0.573. The van der Waals surface area contributed by atoms with Gasteiger partial charge in [-0.25, -0.2) is 4.98 Å². The zero-order valence-corrected chi connectivity index (χ0v) is 18.6. The van der Waals surface area contributed by atoms with E-state index in [1.807, 2.05) is 0 Å². The molecule has 0 saturated carbocycles. The van der Waals surface area contributed by atoms with Gasteiger partial charge in [0, 0.05) is 4.88 Å². The van der Waals surface area contributed by atoms with Crippen molar-refractivity contribution in [2.24, 2.45) is 0 Å². The minimum absolute atomic E-state index is 0.000455. The van der Waals surface area contributed by atoms with Crippen LogP contribution in [0.4, 0.5) is 26.3 Å². The van der Waals surface area contributed by atoms with Gasteiger partial charge in [-0.3, -0.25) is 0 Å². The minimum Gasteiger partial charge on any atom is -0.438 e. The first kappa shape index (κ1) is 23.3. The molecule has 0 radical (unpaired) electrons. The van der Waals surface area contributed by atoms with Crippen molar-refractivity contribution in [1.29, 1.82) is 0 Å². The van der Waals surface area contributed by atoms with Crippen LogP contribution >= 0.6 is 11.3 Å². The fourth-order valence-electron chi connectivity index (χ4n) is 4.31. The van der Waals surface area contributed by atoms with Crippen LogP contribution in [0.5, 0.6) is 11.6 Å². The van der Waals surface area contributed by atoms with Crippen molar-refractivity contribution in [1.82, 2.24) is 9.97 Å². The van der Waals surface area contributed by atoms with Crippen molar-refractivity contribution >= 4 is 21.6 Å². The number of thiophene rings is 1. The lowest BCUT2D eigenvalue weighted by Gasteiger charge is -2.23. The molecule has 1 N–H and O–H groups in total. The van der Waals surface area contributed by atoms with Gasteiger partial charge in [0.1, 0.15) is 30.2 Å². The molecular formula is C22H20F6N3O2S+. The van der Waals surface area contributed by atoms with Gasteiger partial charge in [0.05, 0.1) is 29.7 Å². The summed E-state index contributed by atoms with van der Waals surface area (Å²) in [6.07, 6.45) is -7.43. The fraction of sp³-hybridized carbons (Fsp3) is 0.455. The number of aromatic nitrogens is 2. The predicted octanol–water partition coefficient (Wildman–Crippen LogP) is 4.43. The molecule has 1 aliphatic carbocycles. The number of nitrogens with zero attached hydrogens (tertiary/aromatic N) is 2. The number of benzene rings is 1. The van der Waals surface area contributed by atoms with E-state index in [0.29, 0.717) is 47.9 Å². The van der Waals surface area contributed by atoms with Crippen LogP contribution in [0.25, 0.3) is 10.2 Å². The van der Waals surface area contributed by atoms with Gasteiger partial charge in [0.25, 0.3) is 0 Å². The Balaban J connectivity index is 1.58. The van der Waals surface area contributed by atoms with Crippen LogP contribution in [0.15, 0.2) is 18.2 Å². The van der Waals surface area contributed by atoms with Gasteiger partial charge in [0.15, 0.2) is 5.82 Å². The van der Waals surface area contributed by atoms with E-state index in [2.05, 4.69) is 9.97 Å². The highest BCUT2D eigenvalue weighted by molar-refractivity contribution is 7.19. The summed E-state index contributed by atoms with van der Waals surface area (Å²) in [6, 6.07) is 1.23. The monoisotopic (exact) mass is 504 g/mol. The van der Waals surface area contributed by atoms with Crippen molar-refractivity contribution in [3.63, 3.8) is 0 Å². The number of morpholine rings is 1. The van der Waals surface area contributed by atoms with Crippen LogP contribution < -0.4 is 9.64 Å². The van der Waals surface area contributed by atoms with E-state index < -0.39 is 29.2 Å². The number of ether oxygens (including phenoxy) is 2. The van der Waals surface area contributed by atoms with Crippen LogP contribution in [0, 0.1) is 0 Å². The topological polar surface area (TPSA) is 48.7 Å². The Bertz CT molecular complexity index is 1190. The lowest BCUT2D eigenvalue weighted by Crippen LogP contribution is -3.12. The Morgan fingerprint density at radius 2 is 1.62 bits per heavy atom. The van der Waals surface area contributed by atoms with Crippen LogP contribution in [-0.2, 0) is 36.5 Å². The molecule has 12 heteroatoms. The van der Waals surface area contributed by atoms with Gasteiger partial charge >= 0.3 is 12.4 Å². The number of halogens is 6. The highest BCUT2D eigenvalue weighted by Gasteiger charge is 2.37. The van der Waals surface area contributed by atoms with Gasteiger partial charge in [0.2, 0.25) is 5.88 Å². The van der Waals surface area contributed by atoms with Crippen LogP contribution in [0.3, 0.4) is 0 Å². The predicted molar refractivity (Wildman–Crippen MR) is 111 cm³/mol. The molecule has 34 heavy (non-hydrogen) atoms. The van der Waals surface area contributed by atoms with E-state index in [-0.39, 0.29) is 11.9 Å². The molecule has 1 saturated heterocycles. The zero-order chi connectivity index (χ0) is 24.1. The van der Waals surface area contributed by atoms with Gasteiger partial charge in [-0.2, -0.15) is 31.3 Å². The van der Waals surface area contributed by atoms with E-state index in [9.17, 15) is 26.3 Å². The number of alkyl halides is 6. The van der Waals surface area contributed by atoms with Crippen molar-refractivity contribution in [2.75, 3.05) is 26.3 Å². The third-order valence-electron chi connectivity index (χ3n) is 5.96. The van der Waals surface area contributed by atoms with Crippen molar-refractivity contribution in [3.05, 3.63) is 45.6 Å². The molecule has 1 aromatic carbocycles. The maximum Gasteiger partial charge on any atom is 0.416 e. The molecule has 0 amide bonds. The highest BCUT2D eigenvalue weighted by atomic mass is 32.1. The number of quaternary nitrogens is 1. The first-order valence-corrected chi connectivity index (χ1v) is 11.6. The zero-order valence-electron chi connectivity index (χ0n) is 17.8. The molecule has 5 nitrogen and oxygen atoms in total. The number of hydrogen-bond donors (Lipinski definition) is 1. The second-order valence-corrected chi connectivity index (χ2v) is 9.45. The molecule has 0 bridgehead atoms. The summed E-state index contributed by atoms with van der Waals surface area (Å²) >= 11 is 1.48. The van der Waals surface area contributed by atoms with E-state index in [4.69, 9.17) is 9.47 Å². The normalized spacial score (nSPS) is 17.4. The summed E-state index contributed by atoms with van der Waals surface area (Å²) in [6.45, 7) is 3.15. The second-order valence-electron chi connectivity index (χ2n) is 8.37. The molecular weight excluding hydrogens is 484 g/mol. The van der Waals surface area contributed by atoms with Crippen molar-refractivity contribution in [3.8, 4) is 11.6 Å². The summed E-state index contributed by atoms with van der Waals surface area (Å²) in [4.78, 5) is 12.0. The number of nitrogens with one attached hydrogen (secondary N) is 1. The van der Waals surface area contributed by atoms with E-state index in [0.717, 1.165) is 42.8 Å². The Hall–Kier alpha value is -2.44. The Morgan fingerprint density at radius 1 is 0.941 bits per heavy atom. The Kier molecular flexibility index (Phi) is 5.93. The first-order valence-electron chi connectivity index (χ1n) is 10.8. The Morgan fingerprint density at radius 3 is 2.26 bits per heavy atom. The SMILES string of the molecule is FC(F)(F)c1cc(Oc2nc(C[NH+]3CCOCC3)nc3sc4c(c23)CCC4)cc(C(F)(F)F)c1. The molecule has 1 fully saturated rings. The van der Waals surface area contributed by atoms with Crippen LogP contribution in [0.1, 0.15) is 33.8 Å². The average molecular weight is 504 g/mol. The molecule has 182 valence electrons. The number of hydrogen-bond acceptors (Lipinski definition) is 5. The highest BCUT2D eigenvalue weighted by Crippen LogP contribution is 2.43. The molecule has 2 aromatic heterocycles. The van der Waals surface area contributed by atoms with Gasteiger partial charge < -0.3 is 14.4 Å². The fourth-order valence-corrected chi connectivity index (χ4v) is 5.59. The summed E-state index contributed by atoms with van der Waals surface area (Å²) in [5.41, 5.74) is -1.91. The maximum atomic E-state index is 13.3. The molecule has 0 spiro atoms. The maximum absolute atomic E-state index is 13.3. The molecule has 5 rings (SSSR count). The molecule has 0 atom stereocenters. The summed E-state index contributed by atoms with van der Waals surface area (Å²) in [5.74, 6) is -0.133. The Labute approximate surface area is 194 Å². The van der Waals surface area contributed by atoms with Gasteiger partial charge in [-0.15, -0.1) is 11.3 Å². The molecule has 0 unspecified atom stereocenters. The van der Waals surface area contributed by atoms with E-state index in [1.54, 1.807) is 0 Å². The summed E-state index contributed by atoms with van der Waals surface area (Å²) < 4.78 is 91.0. The second kappa shape index (κ2) is 8.65. The summed E-state index contributed by atoms with van der Waals surface area (Å²) in [7, 11) is 0. The van der Waals surface area contributed by atoms with Crippen molar-refractivity contribution < 1.29 is 40.7 Å². The largest absolute Gasteiger partial charge is 0.438 e. The molecule has 1 aliphatic heterocycles. The molecule has 3 aromatic rings. The van der Waals surface area contributed by atoms with Gasteiger partial charge in [-0.1, -0.05) is 0 Å². The number of rotatable bonds is 4. The van der Waals surface area contributed by atoms with E-state index in [1.165, 1.54) is 16.2 Å². The molecule has 3 heterocycles. The third kappa shape index (κ3) is 4.71. The smallest absolute Gasteiger partial charge is 0.416 e. The van der Waals surface area contributed by atoms with Crippen LogP contribution in [-0.4, -0.2) is 36.3 Å². The standard InChI is InChI=1S/C22H19F6N3O2S/c23-21(24,25)12-8-13(22(26,27)28)10-14(9-12)33-19-18-15-2-1-3-16(15)34-20(18)30-17(29-19)11-31-4-6-32-7-5-31/h8-10H,1-7,11H2/p+1. The number of fused-ring (bicyclic) bond motifs is 3. The lowest BCUT2D eigenvalue weighted by atomic mass is 10.1.